The zero-order chi connectivity index (χ0) is 25.4. The molecule has 9 heteroatoms. The lowest BCUT2D eigenvalue weighted by molar-refractivity contribution is -0.131. The number of halogens is 2. The van der Waals surface area contributed by atoms with Crippen molar-refractivity contribution in [3.05, 3.63) is 59.3 Å². The van der Waals surface area contributed by atoms with E-state index in [0.717, 1.165) is 24.2 Å². The molecule has 1 aromatic carbocycles. The Morgan fingerprint density at radius 1 is 1.09 bits per heavy atom. The van der Waals surface area contributed by atoms with Crippen LogP contribution in [-0.4, -0.2) is 47.4 Å². The number of anilines is 1. The molecule has 4 N–H and O–H groups in total. The van der Waals surface area contributed by atoms with Gasteiger partial charge in [-0.15, -0.1) is 0 Å². The largest absolute Gasteiger partial charge is 0.384 e. The predicted octanol–water partition coefficient (Wildman–Crippen LogP) is 3.19. The Morgan fingerprint density at radius 3 is 2.46 bits per heavy atom. The van der Waals surface area contributed by atoms with Crippen molar-refractivity contribution in [3.63, 3.8) is 0 Å². The number of carbonyl (C=O) groups is 2. The first-order chi connectivity index (χ1) is 16.7. The summed E-state index contributed by atoms with van der Waals surface area (Å²) >= 11 is 0. The average Bonchev–Trinajstić information content (AvgIpc) is 2.85. The van der Waals surface area contributed by atoms with Crippen LogP contribution in [0.2, 0.25) is 0 Å². The van der Waals surface area contributed by atoms with Crippen molar-refractivity contribution in [1.29, 1.82) is 0 Å². The van der Waals surface area contributed by atoms with Crippen molar-refractivity contribution >= 4 is 17.6 Å². The van der Waals surface area contributed by atoms with Gasteiger partial charge in [-0.2, -0.15) is 0 Å². The number of benzene rings is 1. The molecule has 2 aromatic rings. The SMILES string of the molecule is C[C@@H](C(=O)N[C@@H](Cc1ccc(F)c(F)c1)C(=O)NCc1ccc(N)nc1)N(C)CC1CCCCC1. The Morgan fingerprint density at radius 2 is 1.80 bits per heavy atom. The first-order valence-corrected chi connectivity index (χ1v) is 12.2. The van der Waals surface area contributed by atoms with Gasteiger partial charge in [0.1, 0.15) is 11.9 Å². The Kier molecular flexibility index (Phi) is 9.54. The minimum Gasteiger partial charge on any atom is -0.384 e. The van der Waals surface area contributed by atoms with Gasteiger partial charge >= 0.3 is 0 Å². The molecule has 1 aliphatic carbocycles. The summed E-state index contributed by atoms with van der Waals surface area (Å²) in [6.45, 7) is 2.82. The van der Waals surface area contributed by atoms with Gasteiger partial charge in [0.05, 0.1) is 6.04 Å². The van der Waals surface area contributed by atoms with Crippen LogP contribution in [0.3, 0.4) is 0 Å². The molecule has 3 rings (SSSR count). The molecular formula is C26H35F2N5O2. The summed E-state index contributed by atoms with van der Waals surface area (Å²) < 4.78 is 27.1. The molecule has 0 spiro atoms. The number of nitrogens with one attached hydrogen (secondary N) is 2. The van der Waals surface area contributed by atoms with Crippen LogP contribution in [0.25, 0.3) is 0 Å². The molecule has 0 unspecified atom stereocenters. The van der Waals surface area contributed by atoms with Crippen molar-refractivity contribution < 1.29 is 18.4 Å². The normalized spacial score (nSPS) is 16.0. The van der Waals surface area contributed by atoms with Gasteiger partial charge in [-0.1, -0.05) is 31.4 Å². The van der Waals surface area contributed by atoms with Crippen LogP contribution in [0.5, 0.6) is 0 Å². The number of hydrogen-bond donors (Lipinski definition) is 3. The Bertz CT molecular complexity index is 996. The number of aromatic nitrogens is 1. The minimum absolute atomic E-state index is 0.0216. The molecule has 2 amide bonds. The number of carbonyl (C=O) groups excluding carboxylic acids is 2. The minimum atomic E-state index is -0.999. The van der Waals surface area contributed by atoms with Crippen LogP contribution < -0.4 is 16.4 Å². The molecule has 35 heavy (non-hydrogen) atoms. The summed E-state index contributed by atoms with van der Waals surface area (Å²) in [4.78, 5) is 32.1. The quantitative estimate of drug-likeness (QED) is 0.478. The predicted molar refractivity (Wildman–Crippen MR) is 131 cm³/mol. The van der Waals surface area contributed by atoms with Gasteiger partial charge in [-0.25, -0.2) is 13.8 Å². The van der Waals surface area contributed by atoms with E-state index >= 15 is 0 Å². The lowest BCUT2D eigenvalue weighted by Gasteiger charge is -2.31. The summed E-state index contributed by atoms with van der Waals surface area (Å²) in [5.74, 6) is -1.75. The number of amides is 2. The van der Waals surface area contributed by atoms with Crippen LogP contribution in [0, 0.1) is 17.6 Å². The summed E-state index contributed by atoms with van der Waals surface area (Å²) in [6.07, 6.45) is 7.62. The number of hydrogen-bond acceptors (Lipinski definition) is 5. The van der Waals surface area contributed by atoms with E-state index in [0.29, 0.717) is 17.3 Å². The van der Waals surface area contributed by atoms with E-state index in [1.165, 1.54) is 38.2 Å². The van der Waals surface area contributed by atoms with Gasteiger partial charge in [0.2, 0.25) is 11.8 Å². The summed E-state index contributed by atoms with van der Waals surface area (Å²) in [7, 11) is 1.91. The van der Waals surface area contributed by atoms with Gasteiger partial charge in [-0.3, -0.25) is 14.5 Å². The third kappa shape index (κ3) is 7.99. The lowest BCUT2D eigenvalue weighted by atomic mass is 9.89. The second-order valence-electron chi connectivity index (χ2n) is 9.44. The smallest absolute Gasteiger partial charge is 0.243 e. The highest BCUT2D eigenvalue weighted by atomic mass is 19.2. The van der Waals surface area contributed by atoms with Crippen molar-refractivity contribution in [3.8, 4) is 0 Å². The highest BCUT2D eigenvalue weighted by molar-refractivity contribution is 5.89. The highest BCUT2D eigenvalue weighted by Crippen LogP contribution is 2.24. The van der Waals surface area contributed by atoms with E-state index in [4.69, 9.17) is 5.73 Å². The van der Waals surface area contributed by atoms with Crippen LogP contribution in [0.15, 0.2) is 36.5 Å². The Balaban J connectivity index is 1.66. The van der Waals surface area contributed by atoms with Crippen molar-refractivity contribution in [2.45, 2.75) is 64.1 Å². The fourth-order valence-corrected chi connectivity index (χ4v) is 4.39. The fourth-order valence-electron chi connectivity index (χ4n) is 4.39. The van der Waals surface area contributed by atoms with E-state index in [1.54, 1.807) is 18.3 Å². The van der Waals surface area contributed by atoms with Crippen LogP contribution in [0.4, 0.5) is 14.6 Å². The maximum atomic E-state index is 13.8. The van der Waals surface area contributed by atoms with Crippen LogP contribution in [-0.2, 0) is 22.6 Å². The van der Waals surface area contributed by atoms with E-state index in [1.807, 2.05) is 18.9 Å². The summed E-state index contributed by atoms with van der Waals surface area (Å²) in [6, 6.07) is 5.44. The van der Waals surface area contributed by atoms with Gasteiger partial charge in [0.15, 0.2) is 11.6 Å². The molecule has 7 nitrogen and oxygen atoms in total. The van der Waals surface area contributed by atoms with Crippen molar-refractivity contribution in [2.75, 3.05) is 19.3 Å². The van der Waals surface area contributed by atoms with Gasteiger partial charge in [-0.05, 0) is 62.1 Å². The van der Waals surface area contributed by atoms with E-state index in [2.05, 4.69) is 15.6 Å². The van der Waals surface area contributed by atoms with Gasteiger partial charge in [0, 0.05) is 25.7 Å². The number of nitrogen functional groups attached to an aromatic ring is 1. The first-order valence-electron chi connectivity index (χ1n) is 12.2. The maximum Gasteiger partial charge on any atom is 0.243 e. The second kappa shape index (κ2) is 12.6. The number of nitrogens with zero attached hydrogens (tertiary/aromatic N) is 2. The van der Waals surface area contributed by atoms with E-state index in [-0.39, 0.29) is 18.9 Å². The second-order valence-corrected chi connectivity index (χ2v) is 9.44. The van der Waals surface area contributed by atoms with Crippen LogP contribution >= 0.6 is 0 Å². The fraction of sp³-hybridized carbons (Fsp3) is 0.500. The molecule has 0 radical (unpaired) electrons. The van der Waals surface area contributed by atoms with Crippen molar-refractivity contribution in [1.82, 2.24) is 20.5 Å². The summed E-state index contributed by atoms with van der Waals surface area (Å²) in [5.41, 5.74) is 6.74. The Hall–Kier alpha value is -3.07. The first kappa shape index (κ1) is 26.5. The molecule has 1 heterocycles. The number of pyridine rings is 1. The van der Waals surface area contributed by atoms with Gasteiger partial charge in [0.25, 0.3) is 0 Å². The van der Waals surface area contributed by atoms with Gasteiger partial charge < -0.3 is 16.4 Å². The maximum absolute atomic E-state index is 13.8. The monoisotopic (exact) mass is 487 g/mol. The molecule has 0 bridgehead atoms. The Labute approximate surface area is 205 Å². The number of nitrogens with two attached hydrogens (primary N) is 1. The molecule has 1 saturated carbocycles. The zero-order valence-electron chi connectivity index (χ0n) is 20.4. The molecule has 1 aromatic heterocycles. The third-order valence-electron chi connectivity index (χ3n) is 6.68. The molecule has 0 saturated heterocycles. The molecule has 1 fully saturated rings. The molecular weight excluding hydrogens is 452 g/mol. The summed E-state index contributed by atoms with van der Waals surface area (Å²) in [5, 5.41) is 5.61. The standard InChI is InChI=1S/C26H35F2N5O2/c1-17(33(2)16-18-6-4-3-5-7-18)25(34)32-23(13-19-8-10-21(27)22(28)12-19)26(35)31-15-20-9-11-24(29)30-14-20/h8-12,14,17-18,23H,3-7,13,15-16H2,1-2H3,(H2,29,30)(H,31,35)(H,32,34)/t17-,23-/m0/s1. The number of likely N-dealkylation sites (N-methyl/N-ethyl adjacent to an activating group) is 1. The highest BCUT2D eigenvalue weighted by Gasteiger charge is 2.27. The van der Waals surface area contributed by atoms with Crippen molar-refractivity contribution in [2.24, 2.45) is 5.92 Å². The van der Waals surface area contributed by atoms with E-state index in [9.17, 15) is 18.4 Å². The average molecular weight is 488 g/mol. The van der Waals surface area contributed by atoms with Crippen LogP contribution in [0.1, 0.15) is 50.2 Å². The lowest BCUT2D eigenvalue weighted by Crippen LogP contribution is -2.53. The molecule has 190 valence electrons. The van der Waals surface area contributed by atoms with E-state index < -0.39 is 29.6 Å². The zero-order valence-corrected chi connectivity index (χ0v) is 20.4. The molecule has 2 atom stereocenters. The topological polar surface area (TPSA) is 100 Å². The number of rotatable bonds is 10. The molecule has 0 aliphatic heterocycles. The molecule has 1 aliphatic rings. The third-order valence-corrected chi connectivity index (χ3v) is 6.68.